The normalized spacial score (nSPS) is 13.3. The Balaban J connectivity index is 1.30. The number of aromatic nitrogens is 4. The molecule has 1 saturated carbocycles. The molecule has 31 heavy (non-hydrogen) atoms. The van der Waals surface area contributed by atoms with Crippen LogP contribution in [0.25, 0.3) is 22.6 Å². The molecule has 0 saturated heterocycles. The number of phenols is 1. The van der Waals surface area contributed by atoms with E-state index in [9.17, 15) is 9.90 Å². The first-order chi connectivity index (χ1) is 15.2. The van der Waals surface area contributed by atoms with Gasteiger partial charge in [-0.2, -0.15) is 0 Å². The smallest absolute Gasteiger partial charge is 0.251 e. The van der Waals surface area contributed by atoms with Crippen LogP contribution in [0, 0.1) is 0 Å². The molecule has 8 nitrogen and oxygen atoms in total. The quantitative estimate of drug-likeness (QED) is 0.369. The lowest BCUT2D eigenvalue weighted by Crippen LogP contribution is -2.25. The monoisotopic (exact) mass is 414 g/mol. The number of anilines is 1. The molecule has 0 unspecified atom stereocenters. The molecule has 0 spiro atoms. The third kappa shape index (κ3) is 4.32. The first kappa shape index (κ1) is 19.0. The summed E-state index contributed by atoms with van der Waals surface area (Å²) in [5, 5.41) is 15.7. The second kappa shape index (κ2) is 8.06. The summed E-state index contributed by atoms with van der Waals surface area (Å²) < 4.78 is 0. The fourth-order valence-corrected chi connectivity index (χ4v) is 3.36. The van der Waals surface area contributed by atoms with E-state index >= 15 is 0 Å². The Labute approximate surface area is 178 Å². The summed E-state index contributed by atoms with van der Waals surface area (Å²) in [6.45, 7) is 0.677. The average Bonchev–Trinajstić information content (AvgIpc) is 3.49. The number of H-pyrrole nitrogens is 1. The van der Waals surface area contributed by atoms with Crippen LogP contribution in [0.15, 0.2) is 54.9 Å². The van der Waals surface area contributed by atoms with Crippen molar-refractivity contribution in [1.29, 1.82) is 0 Å². The van der Waals surface area contributed by atoms with E-state index in [4.69, 9.17) is 0 Å². The van der Waals surface area contributed by atoms with E-state index in [1.54, 1.807) is 12.1 Å². The first-order valence-corrected chi connectivity index (χ1v) is 10.3. The largest absolute Gasteiger partial charge is 0.508 e. The van der Waals surface area contributed by atoms with Gasteiger partial charge in [0, 0.05) is 23.7 Å². The summed E-state index contributed by atoms with van der Waals surface area (Å²) in [6, 6.07) is 14.9. The van der Waals surface area contributed by atoms with Crippen LogP contribution >= 0.6 is 0 Å². The van der Waals surface area contributed by atoms with Gasteiger partial charge in [0.1, 0.15) is 23.4 Å². The van der Waals surface area contributed by atoms with Crippen LogP contribution in [0.2, 0.25) is 0 Å². The van der Waals surface area contributed by atoms with Crippen molar-refractivity contribution in [2.75, 3.05) is 11.9 Å². The molecule has 2 aromatic carbocycles. The molecule has 0 radical (unpaired) electrons. The van der Waals surface area contributed by atoms with Crippen LogP contribution in [0.5, 0.6) is 5.75 Å². The van der Waals surface area contributed by atoms with Gasteiger partial charge in [0.25, 0.3) is 5.91 Å². The number of phenolic OH excluding ortho intramolecular Hbond substituents is 1. The maximum Gasteiger partial charge on any atom is 0.251 e. The standard InChI is InChI=1S/C23H22N6O2/c30-18-9-1-14(2-10-18)11-12-24-21-19-22(26-13-25-21)29-20(28-19)15-3-5-16(6-4-15)23(31)27-17-7-8-17/h1-6,9-10,13,17,30H,7-8,11-12H2,(H,27,31)(H2,24,25,26,28,29). The van der Waals surface area contributed by atoms with Gasteiger partial charge in [0.2, 0.25) is 0 Å². The lowest BCUT2D eigenvalue weighted by Gasteiger charge is -2.06. The molecular formula is C23H22N6O2. The number of carbonyl (C=O) groups excluding carboxylic acids is 1. The van der Waals surface area contributed by atoms with E-state index < -0.39 is 0 Å². The summed E-state index contributed by atoms with van der Waals surface area (Å²) in [5.41, 5.74) is 3.94. The number of hydrogen-bond acceptors (Lipinski definition) is 6. The van der Waals surface area contributed by atoms with Crippen molar-refractivity contribution >= 4 is 22.9 Å². The van der Waals surface area contributed by atoms with E-state index in [2.05, 4.69) is 30.6 Å². The van der Waals surface area contributed by atoms with E-state index in [1.165, 1.54) is 6.33 Å². The zero-order valence-corrected chi connectivity index (χ0v) is 16.8. The SMILES string of the molecule is O=C(NC1CC1)c1ccc(-c2nc3ncnc(NCCc4ccc(O)cc4)c3[nH]2)cc1. The Bertz CT molecular complexity index is 1210. The number of aromatic amines is 1. The number of rotatable bonds is 7. The molecule has 2 heterocycles. The summed E-state index contributed by atoms with van der Waals surface area (Å²) in [4.78, 5) is 28.7. The number of hydrogen-bond donors (Lipinski definition) is 4. The minimum Gasteiger partial charge on any atom is -0.508 e. The van der Waals surface area contributed by atoms with Gasteiger partial charge in [0.15, 0.2) is 11.5 Å². The Morgan fingerprint density at radius 1 is 1.06 bits per heavy atom. The second-order valence-electron chi connectivity index (χ2n) is 7.67. The van der Waals surface area contributed by atoms with Crippen LogP contribution in [0.1, 0.15) is 28.8 Å². The highest BCUT2D eigenvalue weighted by Gasteiger charge is 2.23. The first-order valence-electron chi connectivity index (χ1n) is 10.3. The zero-order valence-electron chi connectivity index (χ0n) is 16.8. The summed E-state index contributed by atoms with van der Waals surface area (Å²) in [7, 11) is 0. The molecule has 0 bridgehead atoms. The molecule has 156 valence electrons. The molecule has 1 aliphatic rings. The topological polar surface area (TPSA) is 116 Å². The number of fused-ring (bicyclic) bond motifs is 1. The van der Waals surface area contributed by atoms with Crippen molar-refractivity contribution in [3.63, 3.8) is 0 Å². The van der Waals surface area contributed by atoms with E-state index in [0.717, 1.165) is 35.9 Å². The van der Waals surface area contributed by atoms with Gasteiger partial charge in [-0.15, -0.1) is 0 Å². The van der Waals surface area contributed by atoms with E-state index in [-0.39, 0.29) is 11.7 Å². The van der Waals surface area contributed by atoms with Crippen molar-refractivity contribution in [2.24, 2.45) is 0 Å². The number of amides is 1. The van der Waals surface area contributed by atoms with Crippen molar-refractivity contribution in [1.82, 2.24) is 25.3 Å². The van der Waals surface area contributed by atoms with Crippen molar-refractivity contribution in [3.8, 4) is 17.1 Å². The van der Waals surface area contributed by atoms with Gasteiger partial charge in [-0.1, -0.05) is 24.3 Å². The molecule has 0 aliphatic heterocycles. The molecule has 5 rings (SSSR count). The number of benzene rings is 2. The van der Waals surface area contributed by atoms with Crippen LogP contribution in [0.3, 0.4) is 0 Å². The summed E-state index contributed by atoms with van der Waals surface area (Å²) in [6.07, 6.45) is 4.41. The predicted octanol–water partition coefficient (Wildman–Crippen LogP) is 3.27. The van der Waals surface area contributed by atoms with Crippen LogP contribution in [0.4, 0.5) is 5.82 Å². The number of nitrogens with zero attached hydrogens (tertiary/aromatic N) is 3. The third-order valence-corrected chi connectivity index (χ3v) is 5.26. The zero-order chi connectivity index (χ0) is 21.2. The molecule has 4 N–H and O–H groups in total. The Kier molecular flexibility index (Phi) is 4.95. The van der Waals surface area contributed by atoms with Crippen molar-refractivity contribution in [3.05, 3.63) is 66.0 Å². The maximum absolute atomic E-state index is 12.2. The average molecular weight is 414 g/mol. The highest BCUT2D eigenvalue weighted by molar-refractivity contribution is 5.95. The molecule has 1 fully saturated rings. The second-order valence-corrected chi connectivity index (χ2v) is 7.67. The highest BCUT2D eigenvalue weighted by Crippen LogP contribution is 2.24. The van der Waals surface area contributed by atoms with Crippen LogP contribution in [-0.2, 0) is 6.42 Å². The number of carbonyl (C=O) groups is 1. The minimum absolute atomic E-state index is 0.0374. The van der Waals surface area contributed by atoms with Gasteiger partial charge in [-0.25, -0.2) is 15.0 Å². The van der Waals surface area contributed by atoms with Crippen LogP contribution < -0.4 is 10.6 Å². The van der Waals surface area contributed by atoms with Gasteiger partial charge < -0.3 is 20.7 Å². The van der Waals surface area contributed by atoms with E-state index in [0.29, 0.717) is 35.4 Å². The maximum atomic E-state index is 12.2. The van der Waals surface area contributed by atoms with Gasteiger partial charge >= 0.3 is 0 Å². The lowest BCUT2D eigenvalue weighted by atomic mass is 10.1. The summed E-state index contributed by atoms with van der Waals surface area (Å²) >= 11 is 0. The number of aromatic hydroxyl groups is 1. The molecule has 8 heteroatoms. The van der Waals surface area contributed by atoms with Gasteiger partial charge in [-0.05, 0) is 49.1 Å². The number of imidazole rings is 1. The van der Waals surface area contributed by atoms with E-state index in [1.807, 2.05) is 36.4 Å². The molecule has 1 amide bonds. The Morgan fingerprint density at radius 3 is 2.58 bits per heavy atom. The Hall–Kier alpha value is -3.94. The van der Waals surface area contributed by atoms with Gasteiger partial charge in [0.05, 0.1) is 0 Å². The molecular weight excluding hydrogens is 392 g/mol. The highest BCUT2D eigenvalue weighted by atomic mass is 16.3. The van der Waals surface area contributed by atoms with Crippen LogP contribution in [-0.4, -0.2) is 43.5 Å². The molecule has 4 aromatic rings. The minimum atomic E-state index is -0.0374. The summed E-state index contributed by atoms with van der Waals surface area (Å²) in [5.74, 6) is 1.58. The molecule has 1 aliphatic carbocycles. The fraction of sp³-hybridized carbons (Fsp3) is 0.217. The third-order valence-electron chi connectivity index (χ3n) is 5.26. The number of nitrogens with one attached hydrogen (secondary N) is 3. The lowest BCUT2D eigenvalue weighted by molar-refractivity contribution is 0.0951. The fourth-order valence-electron chi connectivity index (χ4n) is 3.36. The molecule has 0 atom stereocenters. The van der Waals surface area contributed by atoms with Crippen molar-refractivity contribution < 1.29 is 9.90 Å². The van der Waals surface area contributed by atoms with Crippen molar-refractivity contribution in [2.45, 2.75) is 25.3 Å². The predicted molar refractivity (Wildman–Crippen MR) is 118 cm³/mol. The van der Waals surface area contributed by atoms with Gasteiger partial charge in [-0.3, -0.25) is 4.79 Å². The molecule has 2 aromatic heterocycles. The Morgan fingerprint density at radius 2 is 1.84 bits per heavy atom.